The fourth-order valence-corrected chi connectivity index (χ4v) is 2.65. The van der Waals surface area contributed by atoms with E-state index >= 15 is 0 Å². The largest absolute Gasteiger partial charge is 0.465 e. The lowest BCUT2D eigenvalue weighted by Gasteiger charge is -2.05. The molecule has 2 aliphatic heterocycles. The van der Waals surface area contributed by atoms with Gasteiger partial charge < -0.3 is 9.47 Å². The van der Waals surface area contributed by atoms with Gasteiger partial charge in [0.25, 0.3) is 0 Å². The maximum atomic E-state index is 12.4. The number of fused-ring (bicyclic) bond motifs is 3. The molecule has 0 spiro atoms. The van der Waals surface area contributed by atoms with Crippen molar-refractivity contribution in [1.29, 1.82) is 5.26 Å². The topological polar surface area (TPSA) is 102 Å². The third-order valence-corrected chi connectivity index (χ3v) is 3.70. The first-order valence-corrected chi connectivity index (χ1v) is 7.49. The summed E-state index contributed by atoms with van der Waals surface area (Å²) >= 11 is 0. The fourth-order valence-electron chi connectivity index (χ4n) is 2.65. The van der Waals surface area contributed by atoms with E-state index in [1.807, 2.05) is 6.07 Å². The number of esters is 2. The Balaban J connectivity index is 2.48. The van der Waals surface area contributed by atoms with Crippen LogP contribution < -0.4 is 0 Å². The number of benzene rings is 1. The molecule has 0 atom stereocenters. The number of aromatic nitrogens is 2. The summed E-state index contributed by atoms with van der Waals surface area (Å²) < 4.78 is 9.85. The molecule has 0 saturated heterocycles. The van der Waals surface area contributed by atoms with Crippen LogP contribution in [0, 0.1) is 11.3 Å². The summed E-state index contributed by atoms with van der Waals surface area (Å²) in [6, 6.07) is 8.98. The summed E-state index contributed by atoms with van der Waals surface area (Å²) in [5, 5.41) is 10.0. The maximum absolute atomic E-state index is 12.4. The molecular weight excluding hydrogens is 322 g/mol. The Bertz CT molecular complexity index is 1010. The zero-order chi connectivity index (χ0) is 18.0. The van der Waals surface area contributed by atoms with E-state index in [2.05, 4.69) is 9.97 Å². The highest BCUT2D eigenvalue weighted by atomic mass is 16.5. The van der Waals surface area contributed by atoms with E-state index in [1.54, 1.807) is 31.2 Å². The Morgan fingerprint density at radius 2 is 2.00 bits per heavy atom. The minimum Gasteiger partial charge on any atom is -0.465 e. The second kappa shape index (κ2) is 6.53. The summed E-state index contributed by atoms with van der Waals surface area (Å²) in [7, 11) is 1.23. The van der Waals surface area contributed by atoms with Crippen LogP contribution in [0.1, 0.15) is 33.3 Å². The highest BCUT2D eigenvalue weighted by molar-refractivity contribution is 6.11. The molecule has 0 fully saturated rings. The van der Waals surface area contributed by atoms with E-state index in [0.717, 1.165) is 0 Å². The maximum Gasteiger partial charge on any atom is 0.341 e. The molecular formula is C18H13N3O4. The van der Waals surface area contributed by atoms with Crippen molar-refractivity contribution in [2.75, 3.05) is 13.7 Å². The number of rotatable bonds is 3. The highest BCUT2D eigenvalue weighted by Crippen LogP contribution is 2.36. The quantitative estimate of drug-likeness (QED) is 0.678. The molecule has 2 heterocycles. The van der Waals surface area contributed by atoms with Crippen LogP contribution in [-0.4, -0.2) is 35.6 Å². The van der Waals surface area contributed by atoms with Gasteiger partial charge in [0.15, 0.2) is 5.69 Å². The average Bonchev–Trinajstić information content (AvgIpc) is 2.94. The average molecular weight is 335 g/mol. The van der Waals surface area contributed by atoms with Crippen LogP contribution in [-0.2, 0) is 9.47 Å². The minimum absolute atomic E-state index is 0.0470. The van der Waals surface area contributed by atoms with Crippen molar-refractivity contribution in [2.45, 2.75) is 6.92 Å². The molecule has 1 aromatic carbocycles. The van der Waals surface area contributed by atoms with Gasteiger partial charge in [-0.25, -0.2) is 14.6 Å². The summed E-state index contributed by atoms with van der Waals surface area (Å²) in [5.41, 5.74) is 0.993. The molecule has 2 aliphatic rings. The van der Waals surface area contributed by atoms with E-state index in [0.29, 0.717) is 16.6 Å². The standard InChI is InChI=1S/C18H13N3O4/c1-3-25-18(23)15-13(8-19)21-16-10-6-4-5-7-12(10)20-9-11(14(15)16)17(22)24-2/h4-7,9H,3H2,1-2H3. The molecule has 7 nitrogen and oxygen atoms in total. The first-order valence-electron chi connectivity index (χ1n) is 7.49. The Hall–Kier alpha value is -3.53. The van der Waals surface area contributed by atoms with Gasteiger partial charge in [-0.2, -0.15) is 5.26 Å². The van der Waals surface area contributed by atoms with Crippen LogP contribution >= 0.6 is 0 Å². The van der Waals surface area contributed by atoms with Crippen LogP contribution in [0.15, 0.2) is 30.5 Å². The molecule has 25 heavy (non-hydrogen) atoms. The van der Waals surface area contributed by atoms with Gasteiger partial charge in [0.1, 0.15) is 11.6 Å². The normalized spacial score (nSPS) is 10.4. The summed E-state index contributed by atoms with van der Waals surface area (Å²) in [5.74, 6) is -1.40. The molecule has 0 saturated carbocycles. The molecule has 0 radical (unpaired) electrons. The zero-order valence-electron chi connectivity index (χ0n) is 13.6. The van der Waals surface area contributed by atoms with Gasteiger partial charge in [-0.05, 0) is 13.0 Å². The van der Waals surface area contributed by atoms with Gasteiger partial charge in [0, 0.05) is 17.1 Å². The number of nitriles is 1. The van der Waals surface area contributed by atoms with Gasteiger partial charge >= 0.3 is 11.9 Å². The van der Waals surface area contributed by atoms with Crippen LogP contribution in [0.2, 0.25) is 0 Å². The van der Waals surface area contributed by atoms with Crippen molar-refractivity contribution in [3.63, 3.8) is 0 Å². The van der Waals surface area contributed by atoms with Crippen LogP contribution in [0.3, 0.4) is 0 Å². The second-order valence-corrected chi connectivity index (χ2v) is 5.07. The molecule has 3 rings (SSSR count). The minimum atomic E-state index is -0.720. The molecule has 0 aromatic heterocycles. The fraction of sp³-hybridized carbons (Fsp3) is 0.167. The van der Waals surface area contributed by atoms with Crippen molar-refractivity contribution in [2.24, 2.45) is 0 Å². The van der Waals surface area contributed by atoms with Crippen molar-refractivity contribution >= 4 is 22.8 Å². The molecule has 1 aromatic rings. The molecule has 0 bridgehead atoms. The van der Waals surface area contributed by atoms with Crippen LogP contribution in [0.5, 0.6) is 0 Å². The number of nitrogens with zero attached hydrogens (tertiary/aromatic N) is 3. The Labute approximate surface area is 143 Å². The SMILES string of the molecule is CCOC(=O)c1c(C#N)nc2c3ccccc3ncc(C(=O)OC)c1-2. The third-order valence-electron chi connectivity index (χ3n) is 3.70. The lowest BCUT2D eigenvalue weighted by Crippen LogP contribution is -2.09. The van der Waals surface area contributed by atoms with Gasteiger partial charge in [-0.1, -0.05) is 18.2 Å². The van der Waals surface area contributed by atoms with E-state index < -0.39 is 11.9 Å². The number of carbonyl (C=O) groups is 2. The van der Waals surface area contributed by atoms with Crippen molar-refractivity contribution in [3.8, 4) is 17.3 Å². The summed E-state index contributed by atoms with van der Waals surface area (Å²) in [6.07, 6.45) is 1.32. The Kier molecular flexibility index (Phi) is 4.27. The van der Waals surface area contributed by atoms with Crippen molar-refractivity contribution in [1.82, 2.24) is 9.97 Å². The first kappa shape index (κ1) is 16.3. The summed E-state index contributed by atoms with van der Waals surface area (Å²) in [6.45, 7) is 1.78. The van der Waals surface area contributed by atoms with Crippen LogP contribution in [0.4, 0.5) is 0 Å². The smallest absolute Gasteiger partial charge is 0.341 e. The number of methoxy groups -OCH3 is 1. The molecule has 7 heteroatoms. The number of ether oxygens (including phenoxy) is 2. The van der Waals surface area contributed by atoms with E-state index in [-0.39, 0.29) is 29.0 Å². The zero-order valence-corrected chi connectivity index (χ0v) is 13.6. The first-order chi connectivity index (χ1) is 12.1. The van der Waals surface area contributed by atoms with Gasteiger partial charge in [-0.3, -0.25) is 4.98 Å². The van der Waals surface area contributed by atoms with Gasteiger partial charge in [0.2, 0.25) is 0 Å². The lowest BCUT2D eigenvalue weighted by molar-refractivity contribution is 0.0527. The summed E-state index contributed by atoms with van der Waals surface area (Å²) in [4.78, 5) is 33.2. The number of hydrogen-bond donors (Lipinski definition) is 0. The molecule has 0 aliphatic carbocycles. The van der Waals surface area contributed by atoms with E-state index in [1.165, 1.54) is 13.3 Å². The monoisotopic (exact) mass is 335 g/mol. The van der Waals surface area contributed by atoms with Gasteiger partial charge in [0.05, 0.1) is 30.5 Å². The number of hydrogen-bond acceptors (Lipinski definition) is 7. The molecule has 0 N–H and O–H groups in total. The van der Waals surface area contributed by atoms with Crippen molar-refractivity contribution in [3.05, 3.63) is 47.3 Å². The predicted octanol–water partition coefficient (Wildman–Crippen LogP) is 2.57. The molecule has 124 valence electrons. The number of para-hydroxylation sites is 1. The second-order valence-electron chi connectivity index (χ2n) is 5.07. The highest BCUT2D eigenvalue weighted by Gasteiger charge is 2.31. The Morgan fingerprint density at radius 1 is 1.24 bits per heavy atom. The third kappa shape index (κ3) is 2.64. The van der Waals surface area contributed by atoms with Crippen molar-refractivity contribution < 1.29 is 19.1 Å². The lowest BCUT2D eigenvalue weighted by atomic mass is 10.0. The van der Waals surface area contributed by atoms with Gasteiger partial charge in [-0.15, -0.1) is 0 Å². The predicted molar refractivity (Wildman–Crippen MR) is 88.2 cm³/mol. The van der Waals surface area contributed by atoms with E-state index in [4.69, 9.17) is 9.47 Å². The van der Waals surface area contributed by atoms with Crippen LogP contribution in [0.25, 0.3) is 22.2 Å². The Morgan fingerprint density at radius 3 is 2.68 bits per heavy atom. The molecule has 0 unspecified atom stereocenters. The number of carbonyl (C=O) groups excluding carboxylic acids is 2. The van der Waals surface area contributed by atoms with E-state index in [9.17, 15) is 14.9 Å². The molecule has 0 amide bonds.